The number of hydrogen-bond donors (Lipinski definition) is 3. The van der Waals surface area contributed by atoms with Crippen molar-refractivity contribution in [3.05, 3.63) is 24.3 Å². The summed E-state index contributed by atoms with van der Waals surface area (Å²) < 4.78 is 38.4. The molecule has 0 aliphatic carbocycles. The van der Waals surface area contributed by atoms with Gasteiger partial charge in [0.25, 0.3) is 10.2 Å². The van der Waals surface area contributed by atoms with E-state index in [4.69, 9.17) is 27.4 Å². The third-order valence-electron chi connectivity index (χ3n) is 2.10. The normalized spacial score (nSPS) is 11.1. The fraction of sp³-hybridized carbons (Fsp3) is 0.364. The van der Waals surface area contributed by atoms with Gasteiger partial charge in [0.15, 0.2) is 0 Å². The second-order valence-corrected chi connectivity index (χ2v) is 5.77. The highest BCUT2D eigenvalue weighted by Crippen LogP contribution is 2.24. The zero-order valence-electron chi connectivity index (χ0n) is 11.0. The minimum atomic E-state index is -3.69. The summed E-state index contributed by atoms with van der Waals surface area (Å²) >= 11 is 4.71. The van der Waals surface area contributed by atoms with Crippen molar-refractivity contribution in [1.82, 2.24) is 4.72 Å². The zero-order chi connectivity index (χ0) is 15.0. The van der Waals surface area contributed by atoms with Crippen LogP contribution < -0.4 is 19.9 Å². The molecule has 0 heterocycles. The van der Waals surface area contributed by atoms with Crippen LogP contribution in [0.3, 0.4) is 0 Å². The van der Waals surface area contributed by atoms with E-state index in [0.29, 0.717) is 11.4 Å². The first kappa shape index (κ1) is 16.6. The fourth-order valence-electron chi connectivity index (χ4n) is 1.28. The second-order valence-electron chi connectivity index (χ2n) is 3.74. The minimum Gasteiger partial charge on any atom is -0.484 e. The molecular weight excluding hydrogens is 302 g/mol. The van der Waals surface area contributed by atoms with Gasteiger partial charge in [-0.15, -0.1) is 0 Å². The molecule has 9 heteroatoms. The molecule has 0 aliphatic rings. The maximum atomic E-state index is 11.8. The number of methoxy groups -OCH3 is 1. The van der Waals surface area contributed by atoms with E-state index >= 15 is 0 Å². The summed E-state index contributed by atoms with van der Waals surface area (Å²) in [5, 5.41) is 0. The SMILES string of the molecule is COCCNS(=O)(=O)Nc1ccccc1OCC(N)=S. The molecule has 0 unspecified atom stereocenters. The summed E-state index contributed by atoms with van der Waals surface area (Å²) in [6.45, 7) is 0.480. The summed E-state index contributed by atoms with van der Waals surface area (Å²) in [7, 11) is -2.21. The summed E-state index contributed by atoms with van der Waals surface area (Å²) in [5.41, 5.74) is 5.64. The summed E-state index contributed by atoms with van der Waals surface area (Å²) in [4.78, 5) is 0.181. The molecule has 0 spiro atoms. The van der Waals surface area contributed by atoms with Gasteiger partial charge in [-0.2, -0.15) is 13.1 Å². The van der Waals surface area contributed by atoms with Crippen LogP contribution in [-0.4, -0.2) is 40.3 Å². The van der Waals surface area contributed by atoms with Crippen molar-refractivity contribution in [3.63, 3.8) is 0 Å². The highest BCUT2D eigenvalue weighted by Gasteiger charge is 2.12. The van der Waals surface area contributed by atoms with E-state index < -0.39 is 10.2 Å². The van der Waals surface area contributed by atoms with Crippen molar-refractivity contribution >= 4 is 33.1 Å². The Balaban J connectivity index is 2.73. The average molecular weight is 319 g/mol. The molecule has 0 fully saturated rings. The Labute approximate surface area is 123 Å². The minimum absolute atomic E-state index is 0.0329. The van der Waals surface area contributed by atoms with Crippen LogP contribution in [0.4, 0.5) is 5.69 Å². The molecule has 1 rings (SSSR count). The number of thiocarbonyl (C=S) groups is 1. The zero-order valence-corrected chi connectivity index (χ0v) is 12.6. The Bertz CT molecular complexity index is 548. The third kappa shape index (κ3) is 6.15. The fourth-order valence-corrected chi connectivity index (χ4v) is 2.23. The van der Waals surface area contributed by atoms with Gasteiger partial charge < -0.3 is 15.2 Å². The number of benzene rings is 1. The van der Waals surface area contributed by atoms with E-state index in [0.717, 1.165) is 0 Å². The molecule has 0 aromatic heterocycles. The lowest BCUT2D eigenvalue weighted by Gasteiger charge is -2.13. The van der Waals surface area contributed by atoms with Crippen LogP contribution in [0.5, 0.6) is 5.75 Å². The number of para-hydroxylation sites is 2. The molecule has 0 bridgehead atoms. The summed E-state index contributed by atoms with van der Waals surface area (Å²) in [5.74, 6) is 0.345. The monoisotopic (exact) mass is 319 g/mol. The first-order valence-electron chi connectivity index (χ1n) is 5.71. The van der Waals surface area contributed by atoms with Gasteiger partial charge >= 0.3 is 0 Å². The van der Waals surface area contributed by atoms with E-state index in [2.05, 4.69) is 9.44 Å². The van der Waals surface area contributed by atoms with Crippen LogP contribution in [0.1, 0.15) is 0 Å². The van der Waals surface area contributed by atoms with Gasteiger partial charge in [-0.05, 0) is 12.1 Å². The predicted octanol–water partition coefficient (Wildman–Crippen LogP) is 0.244. The molecular formula is C11H17N3O4S2. The first-order valence-corrected chi connectivity index (χ1v) is 7.60. The highest BCUT2D eigenvalue weighted by atomic mass is 32.2. The molecule has 0 amide bonds. The van der Waals surface area contributed by atoms with E-state index in [1.165, 1.54) is 7.11 Å². The van der Waals surface area contributed by atoms with Crippen molar-refractivity contribution < 1.29 is 17.9 Å². The van der Waals surface area contributed by atoms with Crippen LogP contribution in [0.15, 0.2) is 24.3 Å². The molecule has 1 aromatic carbocycles. The lowest BCUT2D eigenvalue weighted by molar-refractivity contribution is 0.204. The topological polar surface area (TPSA) is 103 Å². The van der Waals surface area contributed by atoms with Crippen LogP contribution >= 0.6 is 12.2 Å². The van der Waals surface area contributed by atoms with Crippen molar-refractivity contribution in [2.45, 2.75) is 0 Å². The molecule has 112 valence electrons. The molecule has 1 aromatic rings. The van der Waals surface area contributed by atoms with Crippen LogP contribution in [0.2, 0.25) is 0 Å². The van der Waals surface area contributed by atoms with Crippen LogP contribution in [0, 0.1) is 0 Å². The van der Waals surface area contributed by atoms with Crippen molar-refractivity contribution in [1.29, 1.82) is 0 Å². The molecule has 0 saturated heterocycles. The van der Waals surface area contributed by atoms with Gasteiger partial charge in [-0.3, -0.25) is 4.72 Å². The molecule has 0 aliphatic heterocycles. The Morgan fingerprint density at radius 3 is 2.75 bits per heavy atom. The maximum Gasteiger partial charge on any atom is 0.299 e. The predicted molar refractivity (Wildman–Crippen MR) is 81.1 cm³/mol. The average Bonchev–Trinajstić information content (AvgIpc) is 2.37. The van der Waals surface area contributed by atoms with Gasteiger partial charge in [0, 0.05) is 13.7 Å². The Hall–Kier alpha value is -1.42. The Morgan fingerprint density at radius 1 is 1.40 bits per heavy atom. The summed E-state index contributed by atoms with van der Waals surface area (Å²) in [6, 6.07) is 6.58. The van der Waals surface area contributed by atoms with Crippen LogP contribution in [-0.2, 0) is 14.9 Å². The van der Waals surface area contributed by atoms with Crippen molar-refractivity contribution in [2.75, 3.05) is 31.6 Å². The molecule has 0 saturated carbocycles. The summed E-state index contributed by atoms with van der Waals surface area (Å²) in [6.07, 6.45) is 0. The number of ether oxygens (including phenoxy) is 2. The van der Waals surface area contributed by atoms with Crippen molar-refractivity contribution in [3.8, 4) is 5.75 Å². The number of anilines is 1. The highest BCUT2D eigenvalue weighted by molar-refractivity contribution is 7.90. The number of nitrogens with two attached hydrogens (primary N) is 1. The van der Waals surface area contributed by atoms with Gasteiger partial charge in [0.1, 0.15) is 17.3 Å². The van der Waals surface area contributed by atoms with Gasteiger partial charge in [-0.25, -0.2) is 0 Å². The lowest BCUT2D eigenvalue weighted by Crippen LogP contribution is -2.32. The standard InChI is InChI=1S/C11H17N3O4S2/c1-17-7-6-13-20(15,16)14-9-4-2-3-5-10(9)18-8-11(12)19/h2-5,13-14H,6-8H2,1H3,(H2,12,19). The van der Waals surface area contributed by atoms with Crippen LogP contribution in [0.25, 0.3) is 0 Å². The third-order valence-corrected chi connectivity index (χ3v) is 3.29. The molecule has 7 nitrogen and oxygen atoms in total. The molecule has 0 radical (unpaired) electrons. The van der Waals surface area contributed by atoms with E-state index in [1.807, 2.05) is 0 Å². The maximum absolute atomic E-state index is 11.8. The molecule has 20 heavy (non-hydrogen) atoms. The number of hydrogen-bond acceptors (Lipinski definition) is 5. The first-order chi connectivity index (χ1) is 9.44. The van der Waals surface area contributed by atoms with Gasteiger partial charge in [0.2, 0.25) is 0 Å². The largest absolute Gasteiger partial charge is 0.484 e. The van der Waals surface area contributed by atoms with Gasteiger partial charge in [-0.1, -0.05) is 24.4 Å². The Morgan fingerprint density at radius 2 is 2.10 bits per heavy atom. The smallest absolute Gasteiger partial charge is 0.299 e. The van der Waals surface area contributed by atoms with Gasteiger partial charge in [0.05, 0.1) is 12.3 Å². The molecule has 0 atom stereocenters. The van der Waals surface area contributed by atoms with Crippen molar-refractivity contribution in [2.24, 2.45) is 5.73 Å². The number of nitrogens with one attached hydrogen (secondary N) is 2. The lowest BCUT2D eigenvalue weighted by atomic mass is 10.3. The quantitative estimate of drug-likeness (QED) is 0.445. The number of rotatable bonds is 9. The molecule has 4 N–H and O–H groups in total. The Kier molecular flexibility index (Phi) is 6.65. The second kappa shape index (κ2) is 8.00. The van der Waals surface area contributed by atoms with E-state index in [9.17, 15) is 8.42 Å². The van der Waals surface area contributed by atoms with E-state index in [-0.39, 0.29) is 24.7 Å². The van der Waals surface area contributed by atoms with E-state index in [1.54, 1.807) is 24.3 Å².